The number of pyridine rings is 1. The summed E-state index contributed by atoms with van der Waals surface area (Å²) in [5.41, 5.74) is -0.105. The molecule has 0 fully saturated rings. The van der Waals surface area contributed by atoms with Crippen molar-refractivity contribution in [2.75, 3.05) is 5.32 Å². The second-order valence-corrected chi connectivity index (χ2v) is 4.93. The van der Waals surface area contributed by atoms with E-state index in [1.807, 2.05) is 0 Å². The van der Waals surface area contributed by atoms with Crippen LogP contribution in [0, 0.1) is 0 Å². The molecule has 0 spiro atoms. The summed E-state index contributed by atoms with van der Waals surface area (Å²) in [4.78, 5) is 26.8. The molecule has 0 bridgehead atoms. The van der Waals surface area contributed by atoms with Gasteiger partial charge in [-0.1, -0.05) is 0 Å². The monoisotopic (exact) mass is 338 g/mol. The first kappa shape index (κ1) is 14.2. The summed E-state index contributed by atoms with van der Waals surface area (Å²) in [6, 6.07) is 4.10. The van der Waals surface area contributed by atoms with E-state index in [0.717, 1.165) is 4.47 Å². The number of nitrogens with zero attached hydrogens (tertiary/aromatic N) is 3. The number of aromatic nitrogens is 3. The second-order valence-electron chi connectivity index (χ2n) is 4.01. The van der Waals surface area contributed by atoms with Crippen LogP contribution in [0.3, 0.4) is 0 Å². The molecule has 0 aliphatic rings. The van der Waals surface area contributed by atoms with Crippen LogP contribution in [-0.2, 0) is 4.79 Å². The lowest BCUT2D eigenvalue weighted by molar-refractivity contribution is -0.119. The van der Waals surface area contributed by atoms with Crippen LogP contribution in [0.1, 0.15) is 23.5 Å². The van der Waals surface area contributed by atoms with Crippen LogP contribution in [0.4, 0.5) is 5.82 Å². The van der Waals surface area contributed by atoms with Crippen molar-refractivity contribution in [1.29, 1.82) is 0 Å². The molecule has 0 aromatic carbocycles. The van der Waals surface area contributed by atoms with E-state index in [-0.39, 0.29) is 11.6 Å². The highest BCUT2D eigenvalue weighted by molar-refractivity contribution is 9.10. The lowest BCUT2D eigenvalue weighted by Gasteiger charge is -2.12. The van der Waals surface area contributed by atoms with Crippen molar-refractivity contribution >= 4 is 33.6 Å². The maximum absolute atomic E-state index is 12.0. The number of carboxylic acids is 1. The summed E-state index contributed by atoms with van der Waals surface area (Å²) in [6.07, 6.45) is 3.01. The summed E-state index contributed by atoms with van der Waals surface area (Å²) in [7, 11) is 0. The Bertz CT molecular complexity index is 638. The van der Waals surface area contributed by atoms with E-state index >= 15 is 0 Å². The van der Waals surface area contributed by atoms with Crippen molar-refractivity contribution in [3.05, 3.63) is 40.8 Å². The van der Waals surface area contributed by atoms with Gasteiger partial charge in [0.2, 0.25) is 5.91 Å². The first-order chi connectivity index (χ1) is 9.47. The predicted molar refractivity (Wildman–Crippen MR) is 74.5 cm³/mol. The molecule has 2 heterocycles. The Morgan fingerprint density at radius 2 is 2.15 bits per heavy atom. The molecule has 8 heteroatoms. The van der Waals surface area contributed by atoms with Crippen molar-refractivity contribution in [3.63, 3.8) is 0 Å². The largest absolute Gasteiger partial charge is 0.476 e. The Morgan fingerprint density at radius 1 is 1.40 bits per heavy atom. The van der Waals surface area contributed by atoms with E-state index < -0.39 is 12.0 Å². The van der Waals surface area contributed by atoms with E-state index in [1.165, 1.54) is 16.9 Å². The molecular formula is C12H11BrN4O3. The summed E-state index contributed by atoms with van der Waals surface area (Å²) in [5, 5.41) is 15.2. The van der Waals surface area contributed by atoms with Gasteiger partial charge in [-0.25, -0.2) is 9.78 Å². The molecule has 1 atom stereocenters. The van der Waals surface area contributed by atoms with Gasteiger partial charge in [-0.15, -0.1) is 0 Å². The highest BCUT2D eigenvalue weighted by atomic mass is 79.9. The zero-order chi connectivity index (χ0) is 14.7. The summed E-state index contributed by atoms with van der Waals surface area (Å²) >= 11 is 3.25. The van der Waals surface area contributed by atoms with Crippen molar-refractivity contribution in [2.45, 2.75) is 13.0 Å². The number of nitrogens with one attached hydrogen (secondary N) is 1. The van der Waals surface area contributed by atoms with Crippen molar-refractivity contribution in [3.8, 4) is 0 Å². The maximum atomic E-state index is 12.0. The summed E-state index contributed by atoms with van der Waals surface area (Å²) in [6.45, 7) is 1.62. The number of hydrogen-bond acceptors (Lipinski definition) is 4. The molecule has 2 aromatic heterocycles. The summed E-state index contributed by atoms with van der Waals surface area (Å²) < 4.78 is 2.10. The highest BCUT2D eigenvalue weighted by Gasteiger charge is 2.18. The normalized spacial score (nSPS) is 11.9. The molecule has 1 amide bonds. The van der Waals surface area contributed by atoms with Gasteiger partial charge < -0.3 is 10.4 Å². The van der Waals surface area contributed by atoms with Crippen molar-refractivity contribution in [2.24, 2.45) is 0 Å². The van der Waals surface area contributed by atoms with Gasteiger partial charge in [0.1, 0.15) is 11.9 Å². The fraction of sp³-hybridized carbons (Fsp3) is 0.167. The standard InChI is InChI=1S/C12H11BrN4O3/c1-7(17-5-4-9(16-17)12(19)20)11(18)15-10-3-2-8(13)6-14-10/h2-7H,1H3,(H,19,20)(H,14,15,18). The van der Waals surface area contributed by atoms with Gasteiger partial charge in [0.25, 0.3) is 0 Å². The third kappa shape index (κ3) is 3.21. The molecule has 104 valence electrons. The second kappa shape index (κ2) is 5.83. The first-order valence-electron chi connectivity index (χ1n) is 5.68. The quantitative estimate of drug-likeness (QED) is 0.887. The minimum atomic E-state index is -1.13. The third-order valence-corrected chi connectivity index (χ3v) is 3.05. The molecule has 0 aliphatic carbocycles. The van der Waals surface area contributed by atoms with E-state index in [1.54, 1.807) is 25.3 Å². The molecular weight excluding hydrogens is 328 g/mol. The van der Waals surface area contributed by atoms with E-state index in [2.05, 4.69) is 31.3 Å². The lowest BCUT2D eigenvalue weighted by Crippen LogP contribution is -2.24. The fourth-order valence-electron chi connectivity index (χ4n) is 1.47. The fourth-order valence-corrected chi connectivity index (χ4v) is 1.70. The Labute approximate surface area is 122 Å². The average molecular weight is 339 g/mol. The highest BCUT2D eigenvalue weighted by Crippen LogP contribution is 2.13. The Kier molecular flexibility index (Phi) is 4.14. The topological polar surface area (TPSA) is 97.1 Å². The van der Waals surface area contributed by atoms with E-state index in [9.17, 15) is 9.59 Å². The Hall–Kier alpha value is -2.22. The minimum Gasteiger partial charge on any atom is -0.476 e. The van der Waals surface area contributed by atoms with E-state index in [4.69, 9.17) is 5.11 Å². The number of amides is 1. The number of carboxylic acid groups (broad SMARTS) is 1. The number of carbonyl (C=O) groups is 2. The SMILES string of the molecule is CC(C(=O)Nc1ccc(Br)cn1)n1ccc(C(=O)O)n1. The molecule has 2 N–H and O–H groups in total. The number of carbonyl (C=O) groups excluding carboxylic acids is 1. The van der Waals surface area contributed by atoms with Crippen LogP contribution in [0.2, 0.25) is 0 Å². The minimum absolute atomic E-state index is 0.105. The first-order valence-corrected chi connectivity index (χ1v) is 6.47. The van der Waals surface area contributed by atoms with Gasteiger partial charge in [-0.2, -0.15) is 5.10 Å². The Morgan fingerprint density at radius 3 is 2.70 bits per heavy atom. The molecule has 0 saturated heterocycles. The molecule has 0 aliphatic heterocycles. The van der Waals surface area contributed by atoms with Crippen LogP contribution < -0.4 is 5.32 Å². The van der Waals surface area contributed by atoms with Crippen LogP contribution in [-0.4, -0.2) is 31.7 Å². The molecule has 7 nitrogen and oxygen atoms in total. The number of anilines is 1. The number of aromatic carboxylic acids is 1. The van der Waals surface area contributed by atoms with Gasteiger partial charge in [-0.05, 0) is 41.1 Å². The smallest absolute Gasteiger partial charge is 0.356 e. The number of rotatable bonds is 4. The Balaban J connectivity index is 2.07. The molecule has 2 rings (SSSR count). The van der Waals surface area contributed by atoms with Gasteiger partial charge in [0.15, 0.2) is 5.69 Å². The molecule has 2 aromatic rings. The molecule has 1 unspecified atom stereocenters. The van der Waals surface area contributed by atoms with Gasteiger partial charge in [0, 0.05) is 16.9 Å². The van der Waals surface area contributed by atoms with Crippen LogP contribution in [0.5, 0.6) is 0 Å². The summed E-state index contributed by atoms with van der Waals surface area (Å²) in [5.74, 6) is -1.05. The lowest BCUT2D eigenvalue weighted by atomic mass is 10.3. The molecule has 0 saturated carbocycles. The van der Waals surface area contributed by atoms with Crippen molar-refractivity contribution in [1.82, 2.24) is 14.8 Å². The molecule has 20 heavy (non-hydrogen) atoms. The zero-order valence-corrected chi connectivity index (χ0v) is 12.0. The number of halogens is 1. The van der Waals surface area contributed by atoms with Crippen LogP contribution in [0.15, 0.2) is 35.1 Å². The number of hydrogen-bond donors (Lipinski definition) is 2. The van der Waals surface area contributed by atoms with E-state index in [0.29, 0.717) is 5.82 Å². The van der Waals surface area contributed by atoms with Gasteiger partial charge in [-0.3, -0.25) is 9.48 Å². The average Bonchev–Trinajstić information content (AvgIpc) is 2.90. The van der Waals surface area contributed by atoms with Crippen LogP contribution in [0.25, 0.3) is 0 Å². The maximum Gasteiger partial charge on any atom is 0.356 e. The zero-order valence-electron chi connectivity index (χ0n) is 10.4. The van der Waals surface area contributed by atoms with Crippen LogP contribution >= 0.6 is 15.9 Å². The van der Waals surface area contributed by atoms with Crippen molar-refractivity contribution < 1.29 is 14.7 Å². The molecule has 0 radical (unpaired) electrons. The predicted octanol–water partition coefficient (Wildman–Crippen LogP) is 1.94. The van der Waals surface area contributed by atoms with Gasteiger partial charge in [0.05, 0.1) is 0 Å². The third-order valence-electron chi connectivity index (χ3n) is 2.58. The van der Waals surface area contributed by atoms with Gasteiger partial charge >= 0.3 is 5.97 Å².